The molecule has 0 aliphatic carbocycles. The minimum atomic E-state index is -0.253. The van der Waals surface area contributed by atoms with Crippen LogP contribution in [0.25, 0.3) is 0 Å². The zero-order valence-corrected chi connectivity index (χ0v) is 19.9. The molecular formula is C28H30N6O. The smallest absolute Gasteiger partial charge is 0.253 e. The molecule has 0 saturated carbocycles. The van der Waals surface area contributed by atoms with Gasteiger partial charge >= 0.3 is 0 Å². The van der Waals surface area contributed by atoms with Gasteiger partial charge in [-0.25, -0.2) is 0 Å². The molecule has 4 aromatic rings. The first-order valence-corrected chi connectivity index (χ1v) is 12.1. The molecule has 0 radical (unpaired) electrons. The van der Waals surface area contributed by atoms with Crippen molar-refractivity contribution in [1.29, 1.82) is 0 Å². The highest BCUT2D eigenvalue weighted by molar-refractivity contribution is 5.94. The van der Waals surface area contributed by atoms with E-state index in [1.54, 1.807) is 24.5 Å². The maximum absolute atomic E-state index is 12.6. The number of carbonyl (C=O) groups is 1. The number of nitrogens with one attached hydrogen (secondary N) is 1. The number of hydrogen-bond donors (Lipinski definition) is 1. The predicted molar refractivity (Wildman–Crippen MR) is 135 cm³/mol. The average Bonchev–Trinajstić information content (AvgIpc) is 3.22. The summed E-state index contributed by atoms with van der Waals surface area (Å²) in [6.45, 7) is 5.51. The Balaban J connectivity index is 1.29. The van der Waals surface area contributed by atoms with Crippen LogP contribution in [-0.4, -0.2) is 50.2 Å². The minimum absolute atomic E-state index is 0.160. The number of nitrogens with zero attached hydrogens (tertiary/aromatic N) is 5. The van der Waals surface area contributed by atoms with E-state index >= 15 is 0 Å². The second-order valence-corrected chi connectivity index (χ2v) is 8.99. The molecule has 2 aromatic heterocycles. The summed E-state index contributed by atoms with van der Waals surface area (Å²) in [5.41, 5.74) is 3.19. The van der Waals surface area contributed by atoms with Crippen molar-refractivity contribution in [1.82, 2.24) is 30.0 Å². The summed E-state index contributed by atoms with van der Waals surface area (Å²) in [5, 5.41) is 11.9. The van der Waals surface area contributed by atoms with Crippen LogP contribution in [0.15, 0.2) is 85.2 Å². The largest absolute Gasteiger partial charge is 0.342 e. The molecule has 3 heterocycles. The molecule has 5 rings (SSSR count). The van der Waals surface area contributed by atoms with Crippen molar-refractivity contribution in [2.45, 2.75) is 31.8 Å². The number of aromatic nitrogens is 4. The van der Waals surface area contributed by atoms with Crippen LogP contribution >= 0.6 is 0 Å². The number of amides is 1. The van der Waals surface area contributed by atoms with Gasteiger partial charge in [0.1, 0.15) is 5.82 Å². The lowest BCUT2D eigenvalue weighted by atomic mass is 9.90. The summed E-state index contributed by atoms with van der Waals surface area (Å²) in [4.78, 5) is 19.2. The number of fused-ring (bicyclic) bond motifs is 1. The van der Waals surface area contributed by atoms with Crippen LogP contribution in [0.1, 0.15) is 52.0 Å². The van der Waals surface area contributed by atoms with E-state index in [-0.39, 0.29) is 11.9 Å². The Morgan fingerprint density at radius 3 is 2.29 bits per heavy atom. The summed E-state index contributed by atoms with van der Waals surface area (Å²) in [6, 6.07) is 24.7. The highest BCUT2D eigenvalue weighted by Crippen LogP contribution is 2.26. The van der Waals surface area contributed by atoms with Crippen LogP contribution in [0.4, 0.5) is 0 Å². The van der Waals surface area contributed by atoms with Gasteiger partial charge in [0.2, 0.25) is 0 Å². The van der Waals surface area contributed by atoms with E-state index in [4.69, 9.17) is 0 Å². The van der Waals surface area contributed by atoms with Gasteiger partial charge < -0.3 is 14.8 Å². The highest BCUT2D eigenvalue weighted by Gasteiger charge is 2.25. The molecule has 1 atom stereocenters. The van der Waals surface area contributed by atoms with Gasteiger partial charge in [-0.1, -0.05) is 60.7 Å². The fourth-order valence-corrected chi connectivity index (χ4v) is 4.77. The van der Waals surface area contributed by atoms with Gasteiger partial charge in [-0.15, -0.1) is 10.2 Å². The highest BCUT2D eigenvalue weighted by atomic mass is 16.1. The van der Waals surface area contributed by atoms with Crippen molar-refractivity contribution in [3.05, 3.63) is 114 Å². The molecule has 35 heavy (non-hydrogen) atoms. The van der Waals surface area contributed by atoms with Crippen molar-refractivity contribution in [3.8, 4) is 0 Å². The summed E-state index contributed by atoms with van der Waals surface area (Å²) < 4.78 is 2.17. The van der Waals surface area contributed by atoms with Gasteiger partial charge in [-0.05, 0) is 30.2 Å². The van der Waals surface area contributed by atoms with Crippen LogP contribution in [-0.2, 0) is 13.0 Å². The van der Waals surface area contributed by atoms with E-state index in [0.717, 1.165) is 44.2 Å². The molecule has 0 fully saturated rings. The molecule has 1 N–H and O–H groups in total. The van der Waals surface area contributed by atoms with Crippen molar-refractivity contribution in [2.24, 2.45) is 0 Å². The first kappa shape index (κ1) is 22.9. The van der Waals surface area contributed by atoms with E-state index < -0.39 is 0 Å². The van der Waals surface area contributed by atoms with E-state index in [9.17, 15) is 4.79 Å². The standard InChI is InChI=1S/C28H30N6O/c1-21(30-28(35)24-13-8-15-29-19-24)27-32-31-26-14-16-33(17-18-34(26)27)20-25(22-9-4-2-5-10-22)23-11-6-3-7-12-23/h2-13,15,19,21,25H,14,16-18,20H2,1H3,(H,30,35). The number of benzene rings is 2. The molecule has 0 bridgehead atoms. The molecule has 1 aliphatic heterocycles. The Hall–Kier alpha value is -3.84. The Labute approximate surface area is 205 Å². The molecule has 178 valence electrons. The fraction of sp³-hybridized carbons (Fsp3) is 0.286. The Bertz CT molecular complexity index is 1200. The van der Waals surface area contributed by atoms with Crippen LogP contribution in [0.3, 0.4) is 0 Å². The molecule has 1 aliphatic rings. The normalized spacial score (nSPS) is 14.8. The lowest BCUT2D eigenvalue weighted by molar-refractivity contribution is 0.0937. The average molecular weight is 467 g/mol. The SMILES string of the molecule is CC(NC(=O)c1cccnc1)c1nnc2n1CCN(CC(c1ccccc1)c1ccccc1)CC2. The van der Waals surface area contributed by atoms with Gasteiger partial charge in [0.25, 0.3) is 5.91 Å². The van der Waals surface area contributed by atoms with Crippen LogP contribution in [0, 0.1) is 0 Å². The third kappa shape index (κ3) is 5.30. The number of hydrogen-bond acceptors (Lipinski definition) is 5. The topological polar surface area (TPSA) is 75.9 Å². The molecule has 0 saturated heterocycles. The van der Waals surface area contributed by atoms with Crippen molar-refractivity contribution >= 4 is 5.91 Å². The van der Waals surface area contributed by atoms with Crippen LogP contribution < -0.4 is 5.32 Å². The summed E-state index contributed by atoms with van der Waals surface area (Å²) in [6.07, 6.45) is 4.05. The molecule has 0 spiro atoms. The molecule has 1 amide bonds. The summed E-state index contributed by atoms with van der Waals surface area (Å²) >= 11 is 0. The number of rotatable bonds is 7. The second-order valence-electron chi connectivity index (χ2n) is 8.99. The van der Waals surface area contributed by atoms with Gasteiger partial charge in [-0.3, -0.25) is 9.78 Å². The quantitative estimate of drug-likeness (QED) is 0.448. The molecule has 7 nitrogen and oxygen atoms in total. The summed E-state index contributed by atoms with van der Waals surface area (Å²) in [5.74, 6) is 1.91. The van der Waals surface area contributed by atoms with E-state index in [0.29, 0.717) is 11.5 Å². The van der Waals surface area contributed by atoms with Crippen LogP contribution in [0.2, 0.25) is 0 Å². The van der Waals surface area contributed by atoms with Crippen molar-refractivity contribution in [2.75, 3.05) is 19.6 Å². The predicted octanol–water partition coefficient (Wildman–Crippen LogP) is 3.85. The maximum Gasteiger partial charge on any atom is 0.253 e. The zero-order chi connectivity index (χ0) is 24.0. The lowest BCUT2D eigenvalue weighted by Gasteiger charge is -2.27. The Kier molecular flexibility index (Phi) is 6.95. The molecule has 1 unspecified atom stereocenters. The van der Waals surface area contributed by atoms with Crippen molar-refractivity contribution in [3.63, 3.8) is 0 Å². The van der Waals surface area contributed by atoms with E-state index in [1.165, 1.54) is 11.1 Å². The Morgan fingerprint density at radius 1 is 0.914 bits per heavy atom. The number of carbonyl (C=O) groups excluding carboxylic acids is 1. The zero-order valence-electron chi connectivity index (χ0n) is 19.9. The monoisotopic (exact) mass is 466 g/mol. The minimum Gasteiger partial charge on any atom is -0.342 e. The van der Waals surface area contributed by atoms with E-state index in [2.05, 4.69) is 90.6 Å². The van der Waals surface area contributed by atoms with Crippen molar-refractivity contribution < 1.29 is 4.79 Å². The van der Waals surface area contributed by atoms with E-state index in [1.807, 2.05) is 6.92 Å². The molecule has 2 aromatic carbocycles. The second kappa shape index (κ2) is 10.6. The summed E-state index contributed by atoms with van der Waals surface area (Å²) in [7, 11) is 0. The van der Waals surface area contributed by atoms with Gasteiger partial charge in [0, 0.05) is 50.9 Å². The van der Waals surface area contributed by atoms with Gasteiger partial charge in [0.15, 0.2) is 5.82 Å². The third-order valence-electron chi connectivity index (χ3n) is 6.65. The molecule has 7 heteroatoms. The maximum atomic E-state index is 12.6. The van der Waals surface area contributed by atoms with Gasteiger partial charge in [0.05, 0.1) is 11.6 Å². The number of pyridine rings is 1. The fourth-order valence-electron chi connectivity index (χ4n) is 4.77. The first-order chi connectivity index (χ1) is 17.2. The molecular weight excluding hydrogens is 436 g/mol. The van der Waals surface area contributed by atoms with Gasteiger partial charge in [-0.2, -0.15) is 0 Å². The lowest BCUT2D eigenvalue weighted by Crippen LogP contribution is -2.32. The van der Waals surface area contributed by atoms with Crippen LogP contribution in [0.5, 0.6) is 0 Å². The Morgan fingerprint density at radius 2 is 1.63 bits per heavy atom. The first-order valence-electron chi connectivity index (χ1n) is 12.1. The third-order valence-corrected chi connectivity index (χ3v) is 6.65.